The molecular formula is C24H33N3O3. The summed E-state index contributed by atoms with van der Waals surface area (Å²) in [5.41, 5.74) is 3.23. The van der Waals surface area contributed by atoms with Crippen molar-refractivity contribution in [2.45, 2.75) is 57.6 Å². The lowest BCUT2D eigenvalue weighted by Gasteiger charge is -2.27. The lowest BCUT2D eigenvalue weighted by molar-refractivity contribution is 0.138. The van der Waals surface area contributed by atoms with Gasteiger partial charge < -0.3 is 19.5 Å². The Bertz CT molecular complexity index is 798. The van der Waals surface area contributed by atoms with Gasteiger partial charge in [0, 0.05) is 25.8 Å². The quantitative estimate of drug-likeness (QED) is 0.690. The number of rotatable bonds is 8. The zero-order chi connectivity index (χ0) is 20.8. The van der Waals surface area contributed by atoms with E-state index in [1.807, 2.05) is 6.20 Å². The van der Waals surface area contributed by atoms with Crippen LogP contribution in [-0.2, 0) is 15.9 Å². The van der Waals surface area contributed by atoms with Gasteiger partial charge in [-0.2, -0.15) is 4.98 Å². The molecule has 1 saturated carbocycles. The Morgan fingerprint density at radius 2 is 1.90 bits per heavy atom. The molecule has 1 aromatic heterocycles. The fourth-order valence-electron chi connectivity index (χ4n) is 4.15. The van der Waals surface area contributed by atoms with Gasteiger partial charge in [0.1, 0.15) is 6.10 Å². The minimum atomic E-state index is 0.0445. The molecule has 6 nitrogen and oxygen atoms in total. The standard InChI is InChI=1S/C24H33N3O3/c1-17-3-9-20(10-4-17)26-24-25-15-22(23(27-24)30-21-12-14-29-16-21)19-7-5-18(6-8-19)11-13-28-2/h5-8,15,17,20-21H,3-4,9-14,16H2,1-2H3,(H,25,26,27)/t17?,20?,21-/m1/s1. The normalized spacial score (nSPS) is 24.0. The molecule has 2 fully saturated rings. The van der Waals surface area contributed by atoms with Crippen LogP contribution in [0.3, 0.4) is 0 Å². The largest absolute Gasteiger partial charge is 0.471 e. The van der Waals surface area contributed by atoms with Gasteiger partial charge in [0.15, 0.2) is 0 Å². The van der Waals surface area contributed by atoms with Crippen LogP contribution < -0.4 is 10.1 Å². The highest BCUT2D eigenvalue weighted by molar-refractivity contribution is 5.68. The Morgan fingerprint density at radius 1 is 1.10 bits per heavy atom. The van der Waals surface area contributed by atoms with Gasteiger partial charge in [0.25, 0.3) is 0 Å². The van der Waals surface area contributed by atoms with Crippen LogP contribution in [0.4, 0.5) is 5.95 Å². The van der Waals surface area contributed by atoms with Crippen molar-refractivity contribution in [2.24, 2.45) is 5.92 Å². The maximum Gasteiger partial charge on any atom is 0.226 e. The molecule has 0 bridgehead atoms. The third-order valence-corrected chi connectivity index (χ3v) is 6.13. The summed E-state index contributed by atoms with van der Waals surface area (Å²) in [7, 11) is 1.73. The van der Waals surface area contributed by atoms with E-state index in [2.05, 4.69) is 41.5 Å². The lowest BCUT2D eigenvalue weighted by Crippen LogP contribution is -2.26. The van der Waals surface area contributed by atoms with Crippen LogP contribution in [0.25, 0.3) is 11.1 Å². The highest BCUT2D eigenvalue weighted by Gasteiger charge is 2.23. The van der Waals surface area contributed by atoms with Crippen molar-refractivity contribution >= 4 is 5.95 Å². The molecule has 1 aliphatic carbocycles. The van der Waals surface area contributed by atoms with Crippen molar-refractivity contribution in [3.05, 3.63) is 36.0 Å². The summed E-state index contributed by atoms with van der Waals surface area (Å²) in [5.74, 6) is 2.11. The van der Waals surface area contributed by atoms with Gasteiger partial charge in [-0.3, -0.25) is 0 Å². The minimum Gasteiger partial charge on any atom is -0.471 e. The van der Waals surface area contributed by atoms with Gasteiger partial charge in [0.05, 0.1) is 25.4 Å². The van der Waals surface area contributed by atoms with E-state index in [-0.39, 0.29) is 6.10 Å². The van der Waals surface area contributed by atoms with E-state index in [4.69, 9.17) is 19.2 Å². The van der Waals surface area contributed by atoms with Crippen molar-refractivity contribution in [1.29, 1.82) is 0 Å². The Balaban J connectivity index is 1.53. The topological polar surface area (TPSA) is 65.5 Å². The number of hydrogen-bond acceptors (Lipinski definition) is 6. The van der Waals surface area contributed by atoms with Gasteiger partial charge >= 0.3 is 0 Å². The van der Waals surface area contributed by atoms with E-state index in [0.29, 0.717) is 24.5 Å². The average molecular weight is 412 g/mol. The molecule has 0 radical (unpaired) electrons. The number of anilines is 1. The van der Waals surface area contributed by atoms with Crippen LogP contribution in [0.5, 0.6) is 5.88 Å². The number of benzene rings is 1. The van der Waals surface area contributed by atoms with Crippen molar-refractivity contribution in [3.8, 4) is 17.0 Å². The number of nitrogens with zero attached hydrogens (tertiary/aromatic N) is 2. The summed E-state index contributed by atoms with van der Waals surface area (Å²) in [6, 6.07) is 8.92. The molecule has 2 aromatic rings. The first-order valence-electron chi connectivity index (χ1n) is 11.2. The smallest absolute Gasteiger partial charge is 0.226 e. The Kier molecular flexibility index (Phi) is 7.18. The fraction of sp³-hybridized carbons (Fsp3) is 0.583. The van der Waals surface area contributed by atoms with Gasteiger partial charge in [-0.05, 0) is 49.1 Å². The first-order valence-corrected chi connectivity index (χ1v) is 11.2. The van der Waals surface area contributed by atoms with E-state index in [1.165, 1.54) is 31.2 Å². The molecular weight excluding hydrogens is 378 g/mol. The van der Waals surface area contributed by atoms with Crippen LogP contribution in [0.1, 0.15) is 44.6 Å². The summed E-state index contributed by atoms with van der Waals surface area (Å²) < 4.78 is 16.9. The summed E-state index contributed by atoms with van der Waals surface area (Å²) >= 11 is 0. The molecule has 6 heteroatoms. The second-order valence-corrected chi connectivity index (χ2v) is 8.56. The van der Waals surface area contributed by atoms with Crippen molar-refractivity contribution in [2.75, 3.05) is 32.2 Å². The molecule has 2 aliphatic rings. The van der Waals surface area contributed by atoms with Crippen molar-refractivity contribution in [1.82, 2.24) is 9.97 Å². The SMILES string of the molecule is COCCc1ccc(-c2cnc(NC3CCC(C)CC3)nc2O[C@@H]2CCOC2)cc1. The van der Waals surface area contributed by atoms with Crippen molar-refractivity contribution in [3.63, 3.8) is 0 Å². The lowest BCUT2D eigenvalue weighted by atomic mass is 9.87. The predicted octanol–water partition coefficient (Wildman–Crippen LogP) is 4.49. The van der Waals surface area contributed by atoms with Crippen LogP contribution in [-0.4, -0.2) is 49.0 Å². The van der Waals surface area contributed by atoms with Crippen LogP contribution in [0.15, 0.2) is 30.5 Å². The summed E-state index contributed by atoms with van der Waals surface area (Å²) in [5, 5.41) is 3.53. The van der Waals surface area contributed by atoms with E-state index < -0.39 is 0 Å². The zero-order valence-electron chi connectivity index (χ0n) is 18.1. The van der Waals surface area contributed by atoms with E-state index in [1.54, 1.807) is 7.11 Å². The van der Waals surface area contributed by atoms with E-state index in [0.717, 1.165) is 43.1 Å². The molecule has 30 heavy (non-hydrogen) atoms. The number of methoxy groups -OCH3 is 1. The average Bonchev–Trinajstić information content (AvgIpc) is 3.28. The summed E-state index contributed by atoms with van der Waals surface area (Å²) in [6.45, 7) is 4.41. The van der Waals surface area contributed by atoms with Crippen LogP contribution in [0, 0.1) is 5.92 Å². The Morgan fingerprint density at radius 3 is 2.60 bits per heavy atom. The molecule has 0 amide bonds. The highest BCUT2D eigenvalue weighted by atomic mass is 16.5. The highest BCUT2D eigenvalue weighted by Crippen LogP contribution is 2.32. The molecule has 162 valence electrons. The molecule has 1 N–H and O–H groups in total. The van der Waals surface area contributed by atoms with Crippen molar-refractivity contribution < 1.29 is 14.2 Å². The summed E-state index contributed by atoms with van der Waals surface area (Å²) in [4.78, 5) is 9.40. The third-order valence-electron chi connectivity index (χ3n) is 6.13. The Labute approximate surface area is 179 Å². The molecule has 1 aliphatic heterocycles. The monoisotopic (exact) mass is 411 g/mol. The molecule has 4 rings (SSSR count). The molecule has 0 unspecified atom stereocenters. The molecule has 1 atom stereocenters. The zero-order valence-corrected chi connectivity index (χ0v) is 18.1. The number of nitrogens with one attached hydrogen (secondary N) is 1. The molecule has 1 aromatic carbocycles. The minimum absolute atomic E-state index is 0.0445. The summed E-state index contributed by atoms with van der Waals surface area (Å²) in [6.07, 6.45) is 8.58. The number of ether oxygens (including phenoxy) is 3. The molecule has 1 saturated heterocycles. The Hall–Kier alpha value is -2.18. The first kappa shape index (κ1) is 21.1. The second-order valence-electron chi connectivity index (χ2n) is 8.56. The third kappa shape index (κ3) is 5.49. The van der Waals surface area contributed by atoms with Gasteiger partial charge in [0.2, 0.25) is 11.8 Å². The van der Waals surface area contributed by atoms with Gasteiger partial charge in [-0.15, -0.1) is 0 Å². The first-order chi connectivity index (χ1) is 14.7. The number of aromatic nitrogens is 2. The number of hydrogen-bond donors (Lipinski definition) is 1. The molecule has 0 spiro atoms. The maximum atomic E-state index is 6.27. The van der Waals surface area contributed by atoms with Gasteiger partial charge in [-0.1, -0.05) is 31.2 Å². The predicted molar refractivity (Wildman–Crippen MR) is 118 cm³/mol. The van der Waals surface area contributed by atoms with Gasteiger partial charge in [-0.25, -0.2) is 4.98 Å². The maximum absolute atomic E-state index is 6.27. The van der Waals surface area contributed by atoms with E-state index in [9.17, 15) is 0 Å². The van der Waals surface area contributed by atoms with E-state index >= 15 is 0 Å². The molecule has 2 heterocycles. The fourth-order valence-corrected chi connectivity index (χ4v) is 4.15. The second kappa shape index (κ2) is 10.2. The van der Waals surface area contributed by atoms with Crippen LogP contribution >= 0.6 is 0 Å². The van der Waals surface area contributed by atoms with Crippen LogP contribution in [0.2, 0.25) is 0 Å².